The lowest BCUT2D eigenvalue weighted by molar-refractivity contribution is 0.0555. The highest BCUT2D eigenvalue weighted by Crippen LogP contribution is 2.20. The minimum absolute atomic E-state index is 0.00232. The molecular formula is C16H17NO4. The topological polar surface area (TPSA) is 76.5 Å². The average molecular weight is 287 g/mol. The van der Waals surface area contributed by atoms with E-state index >= 15 is 0 Å². The number of nitrogens with one attached hydrogen (secondary N) is 1. The number of benzene rings is 1. The Hall–Kier alpha value is -2.69. The van der Waals surface area contributed by atoms with Gasteiger partial charge in [-0.2, -0.15) is 0 Å². The maximum absolute atomic E-state index is 12.0. The molecule has 0 atom stereocenters. The summed E-state index contributed by atoms with van der Waals surface area (Å²) in [6.45, 7) is 5.56. The average Bonchev–Trinajstić information content (AvgIpc) is 2.51. The van der Waals surface area contributed by atoms with Crippen LogP contribution in [0.1, 0.15) is 33.2 Å². The first kappa shape index (κ1) is 16.4. The Morgan fingerprint density at radius 3 is 2.24 bits per heavy atom. The third-order valence-electron chi connectivity index (χ3n) is 2.82. The van der Waals surface area contributed by atoms with Crippen LogP contribution in [0.2, 0.25) is 0 Å². The zero-order valence-corrected chi connectivity index (χ0v) is 12.2. The third kappa shape index (κ3) is 3.45. The molecule has 0 bridgehead atoms. The van der Waals surface area contributed by atoms with Crippen molar-refractivity contribution in [3.63, 3.8) is 0 Å². The number of carbonyl (C=O) groups is 2. The quantitative estimate of drug-likeness (QED) is 0.513. The molecule has 0 heterocycles. The van der Waals surface area contributed by atoms with Crippen molar-refractivity contribution < 1.29 is 19.1 Å². The lowest BCUT2D eigenvalue weighted by Crippen LogP contribution is -2.17. The van der Waals surface area contributed by atoms with Crippen molar-refractivity contribution >= 4 is 17.7 Å². The van der Waals surface area contributed by atoms with Crippen molar-refractivity contribution in [3.05, 3.63) is 59.2 Å². The van der Waals surface area contributed by atoms with E-state index in [9.17, 15) is 9.59 Å². The Morgan fingerprint density at radius 2 is 1.71 bits per heavy atom. The van der Waals surface area contributed by atoms with Gasteiger partial charge in [0.05, 0.1) is 31.1 Å². The first-order valence-electron chi connectivity index (χ1n) is 6.18. The van der Waals surface area contributed by atoms with E-state index < -0.39 is 11.9 Å². The molecule has 1 N–H and O–H groups in total. The number of allylic oxidation sites excluding steroid dienone is 3. The predicted molar refractivity (Wildman–Crippen MR) is 79.9 cm³/mol. The highest BCUT2D eigenvalue weighted by Gasteiger charge is 2.24. The van der Waals surface area contributed by atoms with Gasteiger partial charge in [-0.05, 0) is 18.6 Å². The summed E-state index contributed by atoms with van der Waals surface area (Å²) in [6.07, 6.45) is 3.38. The first-order chi connectivity index (χ1) is 9.97. The lowest BCUT2D eigenvalue weighted by Gasteiger charge is -2.13. The summed E-state index contributed by atoms with van der Waals surface area (Å²) in [5, 5.41) is 8.13. The van der Waals surface area contributed by atoms with Crippen LogP contribution in [0, 0.1) is 5.41 Å². The molecule has 0 aliphatic rings. The summed E-state index contributed by atoms with van der Waals surface area (Å²) in [6, 6.07) is 4.59. The van der Waals surface area contributed by atoms with E-state index in [1.165, 1.54) is 20.3 Å². The summed E-state index contributed by atoms with van der Waals surface area (Å²) in [5.74, 6) is -1.37. The molecule has 0 aliphatic heterocycles. The maximum Gasteiger partial charge on any atom is 0.339 e. The highest BCUT2D eigenvalue weighted by molar-refractivity contribution is 6.19. The molecule has 110 valence electrons. The SMILES string of the molecule is C=C(/C=C\C)C(=N)c1cccc(C(=O)OC)c1C(=O)OC. The molecule has 0 radical (unpaired) electrons. The molecule has 0 aliphatic carbocycles. The largest absolute Gasteiger partial charge is 0.465 e. The van der Waals surface area contributed by atoms with Crippen molar-refractivity contribution in [2.75, 3.05) is 14.2 Å². The summed E-state index contributed by atoms with van der Waals surface area (Å²) in [7, 11) is 2.44. The van der Waals surface area contributed by atoms with Crippen LogP contribution in [0.4, 0.5) is 0 Å². The van der Waals surface area contributed by atoms with Gasteiger partial charge in [-0.1, -0.05) is 30.9 Å². The normalized spacial score (nSPS) is 10.2. The minimum Gasteiger partial charge on any atom is -0.465 e. The zero-order chi connectivity index (χ0) is 16.0. The fraction of sp³-hybridized carbons (Fsp3) is 0.188. The van der Waals surface area contributed by atoms with E-state index in [1.54, 1.807) is 31.2 Å². The van der Waals surface area contributed by atoms with Crippen LogP contribution in [0.3, 0.4) is 0 Å². The number of carbonyl (C=O) groups excluding carboxylic acids is 2. The van der Waals surface area contributed by atoms with E-state index in [-0.39, 0.29) is 22.4 Å². The van der Waals surface area contributed by atoms with Crippen molar-refractivity contribution in [1.82, 2.24) is 0 Å². The molecule has 0 saturated heterocycles. The fourth-order valence-electron chi connectivity index (χ4n) is 1.82. The number of hydrogen-bond donors (Lipinski definition) is 1. The Labute approximate surface area is 123 Å². The van der Waals surface area contributed by atoms with Crippen LogP contribution >= 0.6 is 0 Å². The van der Waals surface area contributed by atoms with Gasteiger partial charge in [0.15, 0.2) is 0 Å². The molecule has 5 heteroatoms. The first-order valence-corrected chi connectivity index (χ1v) is 6.18. The number of hydrogen-bond acceptors (Lipinski definition) is 5. The third-order valence-corrected chi connectivity index (χ3v) is 2.82. The van der Waals surface area contributed by atoms with Crippen LogP contribution in [-0.2, 0) is 9.47 Å². The molecule has 0 aromatic heterocycles. The zero-order valence-electron chi connectivity index (χ0n) is 12.2. The van der Waals surface area contributed by atoms with Crippen molar-refractivity contribution in [2.45, 2.75) is 6.92 Å². The van der Waals surface area contributed by atoms with E-state index in [4.69, 9.17) is 10.1 Å². The maximum atomic E-state index is 12.0. The Morgan fingerprint density at radius 1 is 1.14 bits per heavy atom. The van der Waals surface area contributed by atoms with Crippen LogP contribution in [0.5, 0.6) is 0 Å². The molecule has 5 nitrogen and oxygen atoms in total. The van der Waals surface area contributed by atoms with Gasteiger partial charge in [-0.15, -0.1) is 0 Å². The minimum atomic E-state index is -0.705. The predicted octanol–water partition coefficient (Wildman–Crippen LogP) is 2.76. The molecule has 0 amide bonds. The molecule has 1 aromatic rings. The standard InChI is InChI=1S/C16H17NO4/c1-5-7-10(2)14(17)11-8-6-9-12(15(18)20-3)13(11)16(19)21-4/h5-9,17H,2H2,1,3-4H3/b7-5-,17-14?. The van der Waals surface area contributed by atoms with Gasteiger partial charge in [-0.25, -0.2) is 9.59 Å². The van der Waals surface area contributed by atoms with Gasteiger partial charge in [-0.3, -0.25) is 5.41 Å². The second-order valence-electron chi connectivity index (χ2n) is 4.11. The van der Waals surface area contributed by atoms with Gasteiger partial charge in [0.2, 0.25) is 0 Å². The second-order valence-corrected chi connectivity index (χ2v) is 4.11. The van der Waals surface area contributed by atoms with Gasteiger partial charge in [0, 0.05) is 5.56 Å². The molecule has 1 aromatic carbocycles. The van der Waals surface area contributed by atoms with Crippen LogP contribution in [-0.4, -0.2) is 31.9 Å². The molecule has 0 spiro atoms. The van der Waals surface area contributed by atoms with Crippen LogP contribution in [0.15, 0.2) is 42.5 Å². The number of esters is 2. The molecule has 1 rings (SSSR count). The van der Waals surface area contributed by atoms with E-state index in [1.807, 2.05) is 0 Å². The van der Waals surface area contributed by atoms with E-state index in [0.717, 1.165) is 0 Å². The van der Waals surface area contributed by atoms with Crippen molar-refractivity contribution in [2.24, 2.45) is 0 Å². The molecule has 0 saturated carbocycles. The second kappa shape index (κ2) is 7.19. The highest BCUT2D eigenvalue weighted by atomic mass is 16.5. The van der Waals surface area contributed by atoms with Crippen LogP contribution < -0.4 is 0 Å². The van der Waals surface area contributed by atoms with E-state index in [2.05, 4.69) is 11.3 Å². The summed E-state index contributed by atoms with van der Waals surface area (Å²) >= 11 is 0. The van der Waals surface area contributed by atoms with Gasteiger partial charge in [0.25, 0.3) is 0 Å². The fourth-order valence-corrected chi connectivity index (χ4v) is 1.82. The Kier molecular flexibility index (Phi) is 5.60. The van der Waals surface area contributed by atoms with Gasteiger partial charge < -0.3 is 9.47 Å². The Bertz CT molecular complexity index is 629. The molecule has 0 unspecified atom stereocenters. The number of ether oxygens (including phenoxy) is 2. The molecule has 21 heavy (non-hydrogen) atoms. The molecular weight excluding hydrogens is 270 g/mol. The monoisotopic (exact) mass is 287 g/mol. The van der Waals surface area contributed by atoms with E-state index in [0.29, 0.717) is 5.57 Å². The number of methoxy groups -OCH3 is 2. The Balaban J connectivity index is 3.52. The summed E-state index contributed by atoms with van der Waals surface area (Å²) in [4.78, 5) is 23.8. The summed E-state index contributed by atoms with van der Waals surface area (Å²) < 4.78 is 9.37. The smallest absolute Gasteiger partial charge is 0.339 e. The van der Waals surface area contributed by atoms with Crippen LogP contribution in [0.25, 0.3) is 0 Å². The van der Waals surface area contributed by atoms with Gasteiger partial charge in [0.1, 0.15) is 0 Å². The summed E-state index contributed by atoms with van der Waals surface area (Å²) in [5.41, 5.74) is 0.791. The van der Waals surface area contributed by atoms with Gasteiger partial charge >= 0.3 is 11.9 Å². The lowest BCUT2D eigenvalue weighted by atomic mass is 9.94. The number of rotatable bonds is 5. The van der Waals surface area contributed by atoms with Crippen molar-refractivity contribution in [1.29, 1.82) is 5.41 Å². The van der Waals surface area contributed by atoms with Crippen molar-refractivity contribution in [3.8, 4) is 0 Å². The molecule has 0 fully saturated rings.